The average molecular weight is 356 g/mol. The first-order valence-corrected chi connectivity index (χ1v) is 8.90. The number of rotatable bonds is 3. The van der Waals surface area contributed by atoms with Crippen LogP contribution in [0.25, 0.3) is 0 Å². The van der Waals surface area contributed by atoms with E-state index in [2.05, 4.69) is 10.2 Å². The lowest BCUT2D eigenvalue weighted by atomic mass is 9.78. The second-order valence-electron chi connectivity index (χ2n) is 7.17. The second-order valence-corrected chi connectivity index (χ2v) is 7.17. The van der Waals surface area contributed by atoms with Crippen LogP contribution in [0.15, 0.2) is 36.7 Å². The molecule has 1 unspecified atom stereocenters. The van der Waals surface area contributed by atoms with Crippen molar-refractivity contribution in [2.75, 3.05) is 19.6 Å². The third kappa shape index (κ3) is 2.87. The Labute approximate surface area is 151 Å². The van der Waals surface area contributed by atoms with E-state index in [1.54, 1.807) is 34.2 Å². The summed E-state index contributed by atoms with van der Waals surface area (Å²) in [6, 6.07) is 6.56. The number of piperidine rings is 1. The fourth-order valence-electron chi connectivity index (χ4n) is 4.11. The third-order valence-corrected chi connectivity index (χ3v) is 5.53. The van der Waals surface area contributed by atoms with Gasteiger partial charge in [0.2, 0.25) is 5.91 Å². The minimum atomic E-state index is -0.539. The van der Waals surface area contributed by atoms with Crippen molar-refractivity contribution in [1.82, 2.24) is 20.0 Å². The van der Waals surface area contributed by atoms with Crippen molar-refractivity contribution in [3.05, 3.63) is 53.6 Å². The summed E-state index contributed by atoms with van der Waals surface area (Å²) >= 11 is 0. The molecule has 0 bridgehead atoms. The number of nitrogens with one attached hydrogen (secondary N) is 1. The number of carbonyl (C=O) groups excluding carboxylic acids is 2. The van der Waals surface area contributed by atoms with Gasteiger partial charge in [-0.15, -0.1) is 0 Å². The van der Waals surface area contributed by atoms with Crippen molar-refractivity contribution >= 4 is 11.8 Å². The van der Waals surface area contributed by atoms with Gasteiger partial charge in [-0.3, -0.25) is 14.7 Å². The normalized spacial score (nSPS) is 23.0. The van der Waals surface area contributed by atoms with Gasteiger partial charge in [-0.25, -0.2) is 4.39 Å². The van der Waals surface area contributed by atoms with Crippen molar-refractivity contribution in [3.8, 4) is 0 Å². The van der Waals surface area contributed by atoms with E-state index in [4.69, 9.17) is 0 Å². The molecule has 0 radical (unpaired) electrons. The molecule has 2 aromatic rings. The SMILES string of the molecule is O=C(c1cn[nH]c1)N1CCC2(CCCN(Cc3ccccc3F)C2=O)C1. The lowest BCUT2D eigenvalue weighted by molar-refractivity contribution is -0.146. The molecule has 6 nitrogen and oxygen atoms in total. The number of H-pyrrole nitrogens is 1. The van der Waals surface area contributed by atoms with Gasteiger partial charge in [0.25, 0.3) is 5.91 Å². The highest BCUT2D eigenvalue weighted by molar-refractivity contribution is 5.95. The van der Waals surface area contributed by atoms with Crippen LogP contribution >= 0.6 is 0 Å². The third-order valence-electron chi connectivity index (χ3n) is 5.53. The summed E-state index contributed by atoms with van der Waals surface area (Å²) in [5, 5.41) is 6.46. The van der Waals surface area contributed by atoms with E-state index < -0.39 is 5.41 Å². The number of hydrogen-bond acceptors (Lipinski definition) is 3. The molecular formula is C19H21FN4O2. The zero-order valence-electron chi connectivity index (χ0n) is 14.4. The molecule has 2 aliphatic heterocycles. The van der Waals surface area contributed by atoms with E-state index in [1.807, 2.05) is 0 Å². The van der Waals surface area contributed by atoms with Gasteiger partial charge >= 0.3 is 0 Å². The van der Waals surface area contributed by atoms with Crippen molar-refractivity contribution < 1.29 is 14.0 Å². The van der Waals surface area contributed by atoms with Crippen LogP contribution < -0.4 is 0 Å². The van der Waals surface area contributed by atoms with Gasteiger partial charge in [-0.1, -0.05) is 18.2 Å². The van der Waals surface area contributed by atoms with Crippen molar-refractivity contribution in [1.29, 1.82) is 0 Å². The van der Waals surface area contributed by atoms with E-state index >= 15 is 0 Å². The monoisotopic (exact) mass is 356 g/mol. The van der Waals surface area contributed by atoms with Crippen LogP contribution in [0.1, 0.15) is 35.2 Å². The van der Waals surface area contributed by atoms with Crippen molar-refractivity contribution in [3.63, 3.8) is 0 Å². The number of likely N-dealkylation sites (tertiary alicyclic amines) is 2. The Morgan fingerprint density at radius 3 is 2.88 bits per heavy atom. The Balaban J connectivity index is 1.49. The van der Waals surface area contributed by atoms with Crippen LogP contribution in [0.5, 0.6) is 0 Å². The predicted molar refractivity (Wildman–Crippen MR) is 92.6 cm³/mol. The highest BCUT2D eigenvalue weighted by atomic mass is 19.1. The molecule has 2 amide bonds. The molecule has 26 heavy (non-hydrogen) atoms. The van der Waals surface area contributed by atoms with Crippen molar-refractivity contribution in [2.24, 2.45) is 5.41 Å². The minimum Gasteiger partial charge on any atom is -0.338 e. The lowest BCUT2D eigenvalue weighted by Crippen LogP contribution is -2.50. The molecular weight excluding hydrogens is 335 g/mol. The predicted octanol–water partition coefficient (Wildman–Crippen LogP) is 2.20. The van der Waals surface area contributed by atoms with Crippen LogP contribution in [0.2, 0.25) is 0 Å². The van der Waals surface area contributed by atoms with E-state index in [0.29, 0.717) is 37.2 Å². The van der Waals surface area contributed by atoms with Gasteiger partial charge in [-0.05, 0) is 25.3 Å². The van der Waals surface area contributed by atoms with Crippen LogP contribution in [-0.2, 0) is 11.3 Å². The first-order valence-electron chi connectivity index (χ1n) is 8.90. The van der Waals surface area contributed by atoms with Gasteiger partial charge in [-0.2, -0.15) is 5.10 Å². The number of amides is 2. The molecule has 136 valence electrons. The maximum absolute atomic E-state index is 14.0. The minimum absolute atomic E-state index is 0.0366. The first-order chi connectivity index (χ1) is 12.6. The molecule has 0 saturated carbocycles. The van der Waals surface area contributed by atoms with Gasteiger partial charge in [0.05, 0.1) is 17.2 Å². The lowest BCUT2D eigenvalue weighted by Gasteiger charge is -2.39. The summed E-state index contributed by atoms with van der Waals surface area (Å²) in [6.45, 7) is 1.89. The molecule has 3 heterocycles. The smallest absolute Gasteiger partial charge is 0.257 e. The maximum Gasteiger partial charge on any atom is 0.257 e. The quantitative estimate of drug-likeness (QED) is 0.917. The summed E-state index contributed by atoms with van der Waals surface area (Å²) in [6.07, 6.45) is 5.37. The fourth-order valence-corrected chi connectivity index (χ4v) is 4.11. The number of halogens is 1. The summed E-state index contributed by atoms with van der Waals surface area (Å²) in [4.78, 5) is 29.2. The summed E-state index contributed by atoms with van der Waals surface area (Å²) in [7, 11) is 0. The van der Waals surface area contributed by atoms with Crippen molar-refractivity contribution in [2.45, 2.75) is 25.8 Å². The number of benzene rings is 1. The number of nitrogens with zero attached hydrogens (tertiary/aromatic N) is 3. The molecule has 4 rings (SSSR count). The summed E-state index contributed by atoms with van der Waals surface area (Å²) in [5.41, 5.74) is 0.499. The molecule has 0 aliphatic carbocycles. The van der Waals surface area contributed by atoms with Crippen LogP contribution in [-0.4, -0.2) is 51.4 Å². The number of aromatic nitrogens is 2. The summed E-state index contributed by atoms with van der Waals surface area (Å²) < 4.78 is 14.0. The zero-order chi connectivity index (χ0) is 18.1. The molecule has 1 aromatic carbocycles. The van der Waals surface area contributed by atoms with Crippen LogP contribution in [0.4, 0.5) is 4.39 Å². The Morgan fingerprint density at radius 2 is 2.12 bits per heavy atom. The number of aromatic amines is 1. The van der Waals surface area contributed by atoms with Crippen LogP contribution in [0.3, 0.4) is 0 Å². The molecule has 1 atom stereocenters. The van der Waals surface area contributed by atoms with E-state index in [1.165, 1.54) is 12.3 Å². The Morgan fingerprint density at radius 1 is 1.27 bits per heavy atom. The Kier molecular flexibility index (Phi) is 4.22. The van der Waals surface area contributed by atoms with E-state index in [-0.39, 0.29) is 24.2 Å². The summed E-state index contributed by atoms with van der Waals surface area (Å²) in [5.74, 6) is -0.354. The molecule has 2 fully saturated rings. The molecule has 2 aliphatic rings. The highest BCUT2D eigenvalue weighted by Crippen LogP contribution is 2.41. The number of carbonyl (C=O) groups is 2. The zero-order valence-corrected chi connectivity index (χ0v) is 14.4. The Bertz CT molecular complexity index is 823. The standard InChI is InChI=1S/C19H21FN4O2/c20-16-5-2-1-4-14(16)12-23-8-3-6-19(18(23)26)7-9-24(13-19)17(25)15-10-21-22-11-15/h1-2,4-5,10-11H,3,6-9,12-13H2,(H,21,22). The van der Waals surface area contributed by atoms with Gasteiger partial charge in [0.15, 0.2) is 0 Å². The van der Waals surface area contributed by atoms with E-state index in [9.17, 15) is 14.0 Å². The number of hydrogen-bond donors (Lipinski definition) is 1. The molecule has 1 aromatic heterocycles. The molecule has 1 N–H and O–H groups in total. The van der Waals surface area contributed by atoms with Gasteiger partial charge < -0.3 is 9.80 Å². The van der Waals surface area contributed by atoms with Gasteiger partial charge in [0.1, 0.15) is 5.82 Å². The molecule has 7 heteroatoms. The first kappa shape index (κ1) is 16.8. The van der Waals surface area contributed by atoms with E-state index in [0.717, 1.165) is 12.8 Å². The van der Waals surface area contributed by atoms with Crippen LogP contribution in [0, 0.1) is 11.2 Å². The molecule has 2 saturated heterocycles. The molecule has 1 spiro atoms. The average Bonchev–Trinajstić information content (AvgIpc) is 3.31. The fraction of sp³-hybridized carbons (Fsp3) is 0.421. The topological polar surface area (TPSA) is 69.3 Å². The largest absolute Gasteiger partial charge is 0.338 e. The Hall–Kier alpha value is -2.70. The maximum atomic E-state index is 14.0. The highest BCUT2D eigenvalue weighted by Gasteiger charge is 2.49. The van der Waals surface area contributed by atoms with Gasteiger partial charge in [0, 0.05) is 37.9 Å². The second kappa shape index (κ2) is 6.55.